The standard InChI is InChI=1S/C24H26N2O4S/c1-16-7-9-20(14-18(16)3)25-24(27)19-8-6-17(2)23(15-19)26(4)31(28,29)22-12-10-21(30-5)11-13-22/h6-15H,1-5H3,(H,25,27). The highest BCUT2D eigenvalue weighted by molar-refractivity contribution is 7.92. The Morgan fingerprint density at radius 1 is 0.871 bits per heavy atom. The van der Waals surface area contributed by atoms with E-state index in [9.17, 15) is 13.2 Å². The lowest BCUT2D eigenvalue weighted by Gasteiger charge is -2.22. The monoisotopic (exact) mass is 438 g/mol. The maximum absolute atomic E-state index is 13.1. The fraction of sp³-hybridized carbons (Fsp3) is 0.208. The molecule has 3 aromatic carbocycles. The van der Waals surface area contributed by atoms with Crippen molar-refractivity contribution in [2.75, 3.05) is 23.8 Å². The van der Waals surface area contributed by atoms with E-state index in [0.29, 0.717) is 22.7 Å². The van der Waals surface area contributed by atoms with Gasteiger partial charge in [-0.3, -0.25) is 9.10 Å². The molecule has 0 heterocycles. The fourth-order valence-corrected chi connectivity index (χ4v) is 4.40. The highest BCUT2D eigenvalue weighted by atomic mass is 32.2. The van der Waals surface area contributed by atoms with Crippen LogP contribution in [0.5, 0.6) is 5.75 Å². The normalized spacial score (nSPS) is 11.1. The van der Waals surface area contributed by atoms with Crippen LogP contribution >= 0.6 is 0 Å². The van der Waals surface area contributed by atoms with E-state index in [2.05, 4.69) is 5.32 Å². The van der Waals surface area contributed by atoms with Gasteiger partial charge in [0.25, 0.3) is 15.9 Å². The molecule has 0 spiro atoms. The van der Waals surface area contributed by atoms with Gasteiger partial charge in [0.05, 0.1) is 17.7 Å². The predicted molar refractivity (Wildman–Crippen MR) is 124 cm³/mol. The number of ether oxygens (including phenoxy) is 1. The molecule has 31 heavy (non-hydrogen) atoms. The van der Waals surface area contributed by atoms with Gasteiger partial charge in [0.2, 0.25) is 0 Å². The van der Waals surface area contributed by atoms with E-state index >= 15 is 0 Å². The zero-order valence-electron chi connectivity index (χ0n) is 18.3. The lowest BCUT2D eigenvalue weighted by atomic mass is 10.1. The van der Waals surface area contributed by atoms with Gasteiger partial charge in [-0.25, -0.2) is 8.42 Å². The van der Waals surface area contributed by atoms with Crippen molar-refractivity contribution in [3.05, 3.63) is 82.9 Å². The predicted octanol–water partition coefficient (Wildman–Crippen LogP) is 4.70. The molecular weight excluding hydrogens is 412 g/mol. The largest absolute Gasteiger partial charge is 0.497 e. The van der Waals surface area contributed by atoms with Gasteiger partial charge in [0, 0.05) is 18.3 Å². The molecule has 0 atom stereocenters. The number of benzene rings is 3. The van der Waals surface area contributed by atoms with Crippen LogP contribution in [0.1, 0.15) is 27.0 Å². The lowest BCUT2D eigenvalue weighted by molar-refractivity contribution is 0.102. The Morgan fingerprint density at radius 3 is 2.13 bits per heavy atom. The maximum Gasteiger partial charge on any atom is 0.264 e. The summed E-state index contributed by atoms with van der Waals surface area (Å²) in [5.41, 5.74) is 4.45. The van der Waals surface area contributed by atoms with Gasteiger partial charge < -0.3 is 10.1 Å². The lowest BCUT2D eigenvalue weighted by Crippen LogP contribution is -2.27. The average Bonchev–Trinajstić information content (AvgIpc) is 2.76. The number of nitrogens with one attached hydrogen (secondary N) is 1. The zero-order chi connectivity index (χ0) is 22.8. The van der Waals surface area contributed by atoms with Crippen molar-refractivity contribution in [3.63, 3.8) is 0 Å². The molecule has 0 unspecified atom stereocenters. The number of amides is 1. The van der Waals surface area contributed by atoms with Crippen molar-refractivity contribution in [2.45, 2.75) is 25.7 Å². The zero-order valence-corrected chi connectivity index (χ0v) is 19.1. The van der Waals surface area contributed by atoms with Crippen molar-refractivity contribution >= 4 is 27.3 Å². The molecule has 0 bridgehead atoms. The Balaban J connectivity index is 1.90. The van der Waals surface area contributed by atoms with Gasteiger partial charge in [-0.2, -0.15) is 0 Å². The van der Waals surface area contributed by atoms with Gasteiger partial charge in [-0.05, 0) is 86.0 Å². The van der Waals surface area contributed by atoms with Crippen molar-refractivity contribution in [3.8, 4) is 5.75 Å². The van der Waals surface area contributed by atoms with E-state index in [1.54, 1.807) is 37.3 Å². The second kappa shape index (κ2) is 8.81. The van der Waals surface area contributed by atoms with Gasteiger partial charge in [-0.15, -0.1) is 0 Å². The number of methoxy groups -OCH3 is 1. The summed E-state index contributed by atoms with van der Waals surface area (Å²) in [5, 5.41) is 2.87. The minimum Gasteiger partial charge on any atom is -0.497 e. The Labute approximate surface area is 183 Å². The highest BCUT2D eigenvalue weighted by Crippen LogP contribution is 2.28. The van der Waals surface area contributed by atoms with Crippen molar-refractivity contribution in [1.82, 2.24) is 0 Å². The van der Waals surface area contributed by atoms with Crippen LogP contribution in [0.2, 0.25) is 0 Å². The molecule has 0 aromatic heterocycles. The molecule has 0 fully saturated rings. The number of hydrogen-bond donors (Lipinski definition) is 1. The SMILES string of the molecule is COc1ccc(S(=O)(=O)N(C)c2cc(C(=O)Nc3ccc(C)c(C)c3)ccc2C)cc1. The van der Waals surface area contributed by atoms with Gasteiger partial charge >= 0.3 is 0 Å². The molecule has 7 heteroatoms. The van der Waals surface area contributed by atoms with Crippen molar-refractivity contribution < 1.29 is 17.9 Å². The first-order chi connectivity index (χ1) is 14.6. The highest BCUT2D eigenvalue weighted by Gasteiger charge is 2.23. The second-order valence-electron chi connectivity index (χ2n) is 7.40. The van der Waals surface area contributed by atoms with Gasteiger partial charge in [0.1, 0.15) is 5.75 Å². The summed E-state index contributed by atoms with van der Waals surface area (Å²) >= 11 is 0. The van der Waals surface area contributed by atoms with E-state index in [0.717, 1.165) is 16.7 Å². The first-order valence-corrected chi connectivity index (χ1v) is 11.2. The molecule has 0 saturated heterocycles. The second-order valence-corrected chi connectivity index (χ2v) is 9.37. The molecule has 3 rings (SSSR count). The number of anilines is 2. The first kappa shape index (κ1) is 22.4. The van der Waals surface area contributed by atoms with Crippen LogP contribution in [-0.4, -0.2) is 28.5 Å². The summed E-state index contributed by atoms with van der Waals surface area (Å²) in [4.78, 5) is 12.9. The first-order valence-electron chi connectivity index (χ1n) is 9.75. The van der Waals surface area contributed by atoms with Gasteiger partial charge in [-0.1, -0.05) is 12.1 Å². The number of carbonyl (C=O) groups excluding carboxylic acids is 1. The summed E-state index contributed by atoms with van der Waals surface area (Å²) in [7, 11) is -0.805. The van der Waals surface area contributed by atoms with Crippen LogP contribution in [-0.2, 0) is 10.0 Å². The van der Waals surface area contributed by atoms with E-state index in [4.69, 9.17) is 4.74 Å². The van der Waals surface area contributed by atoms with Crippen LogP contribution in [0.15, 0.2) is 65.6 Å². The number of aryl methyl sites for hydroxylation is 3. The summed E-state index contributed by atoms with van der Waals surface area (Å²) in [6, 6.07) is 16.9. The number of carbonyl (C=O) groups is 1. The minimum absolute atomic E-state index is 0.139. The Kier molecular flexibility index (Phi) is 6.36. The number of hydrogen-bond acceptors (Lipinski definition) is 4. The molecule has 0 aliphatic heterocycles. The molecule has 0 radical (unpaired) electrons. The third-order valence-corrected chi connectivity index (χ3v) is 7.08. The Morgan fingerprint density at radius 2 is 1.52 bits per heavy atom. The third-order valence-electron chi connectivity index (χ3n) is 5.29. The average molecular weight is 439 g/mol. The fourth-order valence-electron chi connectivity index (χ4n) is 3.15. The third kappa shape index (κ3) is 4.72. The van der Waals surface area contributed by atoms with Crippen LogP contribution < -0.4 is 14.4 Å². The Bertz CT molecular complexity index is 1220. The van der Waals surface area contributed by atoms with E-state index < -0.39 is 10.0 Å². The smallest absolute Gasteiger partial charge is 0.264 e. The minimum atomic E-state index is -3.81. The van der Waals surface area contributed by atoms with Crippen LogP contribution in [0.4, 0.5) is 11.4 Å². The van der Waals surface area contributed by atoms with Crippen molar-refractivity contribution in [1.29, 1.82) is 0 Å². The maximum atomic E-state index is 13.1. The number of sulfonamides is 1. The summed E-state index contributed by atoms with van der Waals surface area (Å²) < 4.78 is 32.5. The molecule has 0 saturated carbocycles. The topological polar surface area (TPSA) is 75.7 Å². The molecule has 162 valence electrons. The van der Waals surface area contributed by atoms with Gasteiger partial charge in [0.15, 0.2) is 0 Å². The molecule has 0 aliphatic rings. The summed E-state index contributed by atoms with van der Waals surface area (Å²) in [6.45, 7) is 5.79. The molecule has 1 N–H and O–H groups in total. The van der Waals surface area contributed by atoms with E-state index in [1.165, 1.54) is 30.6 Å². The van der Waals surface area contributed by atoms with E-state index in [1.807, 2.05) is 32.0 Å². The van der Waals surface area contributed by atoms with Crippen LogP contribution in [0.25, 0.3) is 0 Å². The summed E-state index contributed by atoms with van der Waals surface area (Å²) in [5.74, 6) is 0.266. The summed E-state index contributed by atoms with van der Waals surface area (Å²) in [6.07, 6.45) is 0. The molecule has 1 amide bonds. The molecule has 6 nitrogen and oxygen atoms in total. The van der Waals surface area contributed by atoms with Crippen molar-refractivity contribution in [2.24, 2.45) is 0 Å². The van der Waals surface area contributed by atoms with E-state index in [-0.39, 0.29) is 10.8 Å². The van der Waals surface area contributed by atoms with Crippen LogP contribution in [0, 0.1) is 20.8 Å². The molecule has 3 aromatic rings. The quantitative estimate of drug-likeness (QED) is 0.605. The Hall–Kier alpha value is -3.32. The number of nitrogens with zero attached hydrogens (tertiary/aromatic N) is 1. The molecular formula is C24H26N2O4S. The number of rotatable bonds is 6. The molecule has 0 aliphatic carbocycles. The van der Waals surface area contributed by atoms with Crippen LogP contribution in [0.3, 0.4) is 0 Å².